The molecule has 1 aromatic rings. The summed E-state index contributed by atoms with van der Waals surface area (Å²) in [4.78, 5) is 0. The van der Waals surface area contributed by atoms with Crippen LogP contribution >= 0.6 is 0 Å². The minimum atomic E-state index is -3.32. The molecule has 6 heteroatoms. The van der Waals surface area contributed by atoms with Crippen LogP contribution in [0.1, 0.15) is 25.3 Å². The van der Waals surface area contributed by atoms with E-state index in [-0.39, 0.29) is 12.1 Å². The highest BCUT2D eigenvalue weighted by Crippen LogP contribution is 2.34. The molecule has 2 unspecified atom stereocenters. The third-order valence-electron chi connectivity index (χ3n) is 5.80. The van der Waals surface area contributed by atoms with Crippen molar-refractivity contribution in [1.29, 1.82) is 0 Å². The van der Waals surface area contributed by atoms with Gasteiger partial charge < -0.3 is 5.32 Å². The van der Waals surface area contributed by atoms with Gasteiger partial charge in [-0.25, -0.2) is 0 Å². The van der Waals surface area contributed by atoms with Crippen LogP contribution in [-0.2, 0) is 16.6 Å². The van der Waals surface area contributed by atoms with Crippen molar-refractivity contribution in [2.24, 2.45) is 5.92 Å². The van der Waals surface area contributed by atoms with E-state index in [2.05, 4.69) is 36.5 Å². The molecule has 4 atom stereocenters. The Kier molecular flexibility index (Phi) is 3.96. The van der Waals surface area contributed by atoms with Crippen LogP contribution < -0.4 is 5.32 Å². The van der Waals surface area contributed by atoms with Gasteiger partial charge in [0.25, 0.3) is 10.2 Å². The molecule has 0 aliphatic carbocycles. The summed E-state index contributed by atoms with van der Waals surface area (Å²) in [5.41, 5.74) is 1.30. The molecular formula is C17H25N3O2S. The highest BCUT2D eigenvalue weighted by Gasteiger charge is 2.48. The normalized spacial score (nSPS) is 35.2. The van der Waals surface area contributed by atoms with Crippen molar-refractivity contribution in [1.82, 2.24) is 13.9 Å². The number of piperazine rings is 1. The Labute approximate surface area is 138 Å². The van der Waals surface area contributed by atoms with Crippen LogP contribution in [0.2, 0.25) is 0 Å². The number of nitrogens with one attached hydrogen (secondary N) is 1. The molecule has 5 nitrogen and oxygen atoms in total. The SMILES string of the molecule is CC1C(Cc2ccccc2)CCN1S(=O)(=O)N1C[C@@H]2C[C@H]1CN2. The summed E-state index contributed by atoms with van der Waals surface area (Å²) in [5.74, 6) is 0.407. The van der Waals surface area contributed by atoms with Crippen LogP contribution in [0.4, 0.5) is 0 Å². The first-order valence-corrected chi connectivity index (χ1v) is 10.0. The van der Waals surface area contributed by atoms with Crippen LogP contribution in [0, 0.1) is 5.92 Å². The molecule has 3 aliphatic rings. The van der Waals surface area contributed by atoms with Crippen LogP contribution in [-0.4, -0.2) is 54.8 Å². The van der Waals surface area contributed by atoms with Crippen molar-refractivity contribution in [3.63, 3.8) is 0 Å². The molecule has 1 N–H and O–H groups in total. The molecule has 3 saturated heterocycles. The average molecular weight is 335 g/mol. The van der Waals surface area contributed by atoms with E-state index >= 15 is 0 Å². The fourth-order valence-corrected chi connectivity index (χ4v) is 6.53. The predicted molar refractivity (Wildman–Crippen MR) is 90.2 cm³/mol. The number of rotatable bonds is 4. The van der Waals surface area contributed by atoms with E-state index in [0.29, 0.717) is 25.0 Å². The van der Waals surface area contributed by atoms with Crippen LogP contribution in [0.25, 0.3) is 0 Å². The van der Waals surface area contributed by atoms with E-state index < -0.39 is 10.2 Å². The lowest BCUT2D eigenvalue weighted by molar-refractivity contribution is 0.287. The molecule has 4 rings (SSSR count). The van der Waals surface area contributed by atoms with Crippen molar-refractivity contribution in [3.8, 4) is 0 Å². The van der Waals surface area contributed by atoms with Gasteiger partial charge in [-0.05, 0) is 37.7 Å². The van der Waals surface area contributed by atoms with Crippen molar-refractivity contribution in [3.05, 3.63) is 35.9 Å². The van der Waals surface area contributed by atoms with E-state index in [9.17, 15) is 8.42 Å². The predicted octanol–water partition coefficient (Wildman–Crippen LogP) is 1.23. The van der Waals surface area contributed by atoms with E-state index in [4.69, 9.17) is 0 Å². The van der Waals surface area contributed by atoms with E-state index in [1.165, 1.54) is 5.56 Å². The Balaban J connectivity index is 1.48. The highest BCUT2D eigenvalue weighted by molar-refractivity contribution is 7.86. The molecule has 126 valence electrons. The average Bonchev–Trinajstić information content (AvgIpc) is 3.25. The first-order valence-electron chi connectivity index (χ1n) is 8.61. The summed E-state index contributed by atoms with van der Waals surface area (Å²) >= 11 is 0. The van der Waals surface area contributed by atoms with Gasteiger partial charge >= 0.3 is 0 Å². The summed E-state index contributed by atoms with van der Waals surface area (Å²) in [6.45, 7) is 4.17. The van der Waals surface area contributed by atoms with Crippen LogP contribution in [0.15, 0.2) is 30.3 Å². The fourth-order valence-electron chi connectivity index (χ4n) is 4.43. The van der Waals surface area contributed by atoms with Gasteiger partial charge in [-0.15, -0.1) is 0 Å². The number of benzene rings is 1. The molecule has 2 bridgehead atoms. The fraction of sp³-hybridized carbons (Fsp3) is 0.647. The molecule has 23 heavy (non-hydrogen) atoms. The molecule has 0 saturated carbocycles. The molecule has 3 aliphatic heterocycles. The lowest BCUT2D eigenvalue weighted by Gasteiger charge is -2.33. The standard InChI is InChI=1S/C17H25N3O2S/c1-13-15(9-14-5-3-2-4-6-14)7-8-19(13)23(21,22)20-12-16-10-17(20)11-18-16/h2-6,13,15-18H,7-12H2,1H3/t13?,15?,16-,17-/m0/s1. The third kappa shape index (κ3) is 2.71. The second kappa shape index (κ2) is 5.84. The quantitative estimate of drug-likeness (QED) is 0.900. The first-order chi connectivity index (χ1) is 11.1. The van der Waals surface area contributed by atoms with Gasteiger partial charge in [-0.1, -0.05) is 30.3 Å². The maximum Gasteiger partial charge on any atom is 0.282 e. The molecule has 0 radical (unpaired) electrons. The molecule has 3 fully saturated rings. The Hall–Kier alpha value is -0.950. The zero-order chi connectivity index (χ0) is 16.0. The minimum Gasteiger partial charge on any atom is -0.311 e. The number of fused-ring (bicyclic) bond motifs is 2. The van der Waals surface area contributed by atoms with Gasteiger partial charge in [0.1, 0.15) is 0 Å². The Morgan fingerprint density at radius 2 is 2.00 bits per heavy atom. The zero-order valence-electron chi connectivity index (χ0n) is 13.6. The molecule has 1 aromatic carbocycles. The van der Waals surface area contributed by atoms with Gasteiger partial charge in [0.05, 0.1) is 0 Å². The highest BCUT2D eigenvalue weighted by atomic mass is 32.2. The monoisotopic (exact) mass is 335 g/mol. The summed E-state index contributed by atoms with van der Waals surface area (Å²) in [5, 5.41) is 3.38. The maximum absolute atomic E-state index is 13.1. The van der Waals surface area contributed by atoms with Gasteiger partial charge in [-0.2, -0.15) is 17.0 Å². The Morgan fingerprint density at radius 1 is 1.22 bits per heavy atom. The second-order valence-corrected chi connectivity index (χ2v) is 9.00. The molecule has 0 aromatic heterocycles. The molecular weight excluding hydrogens is 310 g/mol. The summed E-state index contributed by atoms with van der Waals surface area (Å²) in [6.07, 6.45) is 2.88. The van der Waals surface area contributed by atoms with Gasteiger partial charge in [0.2, 0.25) is 0 Å². The first kappa shape index (κ1) is 15.6. The number of hydrogen-bond donors (Lipinski definition) is 1. The maximum atomic E-state index is 13.1. The lowest BCUT2D eigenvalue weighted by atomic mass is 9.94. The topological polar surface area (TPSA) is 52.7 Å². The smallest absolute Gasteiger partial charge is 0.282 e. The van der Waals surface area contributed by atoms with Gasteiger partial charge in [0, 0.05) is 37.8 Å². The van der Waals surface area contributed by atoms with Crippen molar-refractivity contribution >= 4 is 10.2 Å². The molecule has 0 spiro atoms. The van der Waals surface area contributed by atoms with E-state index in [0.717, 1.165) is 25.8 Å². The van der Waals surface area contributed by atoms with Gasteiger partial charge in [-0.3, -0.25) is 0 Å². The third-order valence-corrected chi connectivity index (χ3v) is 7.94. The Morgan fingerprint density at radius 3 is 2.65 bits per heavy atom. The van der Waals surface area contributed by atoms with Crippen LogP contribution in [0.5, 0.6) is 0 Å². The minimum absolute atomic E-state index is 0.0762. The summed E-state index contributed by atoms with van der Waals surface area (Å²) in [6, 6.07) is 11.0. The number of nitrogens with zero attached hydrogens (tertiary/aromatic N) is 2. The molecule has 3 heterocycles. The zero-order valence-corrected chi connectivity index (χ0v) is 14.4. The van der Waals surface area contributed by atoms with Crippen molar-refractivity contribution in [2.45, 2.75) is 44.3 Å². The Bertz CT molecular complexity index is 664. The van der Waals surface area contributed by atoms with Gasteiger partial charge in [0.15, 0.2) is 0 Å². The number of hydrogen-bond acceptors (Lipinski definition) is 3. The van der Waals surface area contributed by atoms with Crippen LogP contribution in [0.3, 0.4) is 0 Å². The summed E-state index contributed by atoms with van der Waals surface area (Å²) < 4.78 is 29.6. The molecule has 0 amide bonds. The summed E-state index contributed by atoms with van der Waals surface area (Å²) in [7, 11) is -3.32. The second-order valence-electron chi connectivity index (χ2n) is 7.16. The largest absolute Gasteiger partial charge is 0.311 e. The van der Waals surface area contributed by atoms with E-state index in [1.807, 2.05) is 6.07 Å². The van der Waals surface area contributed by atoms with Crippen molar-refractivity contribution < 1.29 is 8.42 Å². The van der Waals surface area contributed by atoms with E-state index in [1.54, 1.807) is 8.61 Å². The lowest BCUT2D eigenvalue weighted by Crippen LogP contribution is -2.53. The van der Waals surface area contributed by atoms with Crippen molar-refractivity contribution in [2.75, 3.05) is 19.6 Å².